The normalized spacial score (nSPS) is 11.1. The second-order valence-corrected chi connectivity index (χ2v) is 8.44. The standard InChI is InChI=1S/C25H23Cl2N3O/c1-16-10-11-18(17(2)14-16)25(31)28-13-12-24-29-22-8-3-4-9-23(22)30(24)15-19-20(26)6-5-7-21(19)27/h3-11,14H,12-13,15H2,1-2H3,(H,28,31). The zero-order chi connectivity index (χ0) is 22.0. The molecule has 0 aliphatic heterocycles. The molecule has 3 aromatic carbocycles. The Morgan fingerprint density at radius 2 is 1.74 bits per heavy atom. The van der Waals surface area contributed by atoms with Gasteiger partial charge in [-0.25, -0.2) is 4.98 Å². The van der Waals surface area contributed by atoms with Gasteiger partial charge in [-0.2, -0.15) is 0 Å². The molecule has 0 fully saturated rings. The van der Waals surface area contributed by atoms with Crippen LogP contribution in [0.1, 0.15) is 32.9 Å². The molecule has 1 N–H and O–H groups in total. The van der Waals surface area contributed by atoms with Gasteiger partial charge in [-0.15, -0.1) is 0 Å². The van der Waals surface area contributed by atoms with Crippen molar-refractivity contribution in [2.75, 3.05) is 6.54 Å². The molecule has 4 aromatic rings. The molecule has 4 nitrogen and oxygen atoms in total. The number of hydrogen-bond acceptors (Lipinski definition) is 2. The van der Waals surface area contributed by atoms with Crippen LogP contribution in [0.3, 0.4) is 0 Å². The van der Waals surface area contributed by atoms with Crippen LogP contribution >= 0.6 is 23.2 Å². The summed E-state index contributed by atoms with van der Waals surface area (Å²) in [5, 5.41) is 4.27. The van der Waals surface area contributed by atoms with Gasteiger partial charge >= 0.3 is 0 Å². The Labute approximate surface area is 191 Å². The van der Waals surface area contributed by atoms with Crippen LogP contribution in [0.25, 0.3) is 11.0 Å². The SMILES string of the molecule is Cc1ccc(C(=O)NCCc2nc3ccccc3n2Cc2c(Cl)cccc2Cl)c(C)c1. The van der Waals surface area contributed by atoms with Crippen molar-refractivity contribution in [3.05, 3.63) is 98.8 Å². The van der Waals surface area contributed by atoms with E-state index in [4.69, 9.17) is 28.2 Å². The minimum Gasteiger partial charge on any atom is -0.352 e. The van der Waals surface area contributed by atoms with E-state index in [-0.39, 0.29) is 5.91 Å². The minimum atomic E-state index is -0.0747. The van der Waals surface area contributed by atoms with Gasteiger partial charge in [0.15, 0.2) is 0 Å². The lowest BCUT2D eigenvalue weighted by Crippen LogP contribution is -2.27. The van der Waals surface area contributed by atoms with E-state index in [1.165, 1.54) is 0 Å². The zero-order valence-electron chi connectivity index (χ0n) is 17.5. The van der Waals surface area contributed by atoms with Crippen LogP contribution in [0.5, 0.6) is 0 Å². The average molecular weight is 452 g/mol. The number of nitrogens with zero attached hydrogens (tertiary/aromatic N) is 2. The molecule has 158 valence electrons. The molecular weight excluding hydrogens is 429 g/mol. The molecule has 0 atom stereocenters. The summed E-state index contributed by atoms with van der Waals surface area (Å²) >= 11 is 12.8. The van der Waals surface area contributed by atoms with Crippen LogP contribution in [-0.2, 0) is 13.0 Å². The minimum absolute atomic E-state index is 0.0747. The average Bonchev–Trinajstić information content (AvgIpc) is 3.08. The van der Waals surface area contributed by atoms with Crippen molar-refractivity contribution in [3.63, 3.8) is 0 Å². The lowest BCUT2D eigenvalue weighted by Gasteiger charge is -2.13. The second kappa shape index (κ2) is 9.13. The molecule has 4 rings (SSSR count). The third-order valence-corrected chi connectivity index (χ3v) is 6.08. The Kier molecular flexibility index (Phi) is 6.30. The van der Waals surface area contributed by atoms with Gasteiger partial charge < -0.3 is 9.88 Å². The number of amides is 1. The molecule has 1 amide bonds. The van der Waals surface area contributed by atoms with Crippen LogP contribution in [0.15, 0.2) is 60.7 Å². The van der Waals surface area contributed by atoms with E-state index >= 15 is 0 Å². The molecule has 6 heteroatoms. The maximum atomic E-state index is 12.6. The number of para-hydroxylation sites is 2. The van der Waals surface area contributed by atoms with E-state index in [1.54, 1.807) is 0 Å². The number of benzene rings is 3. The molecule has 0 radical (unpaired) electrons. The Morgan fingerprint density at radius 1 is 1.00 bits per heavy atom. The largest absolute Gasteiger partial charge is 0.352 e. The molecule has 0 aliphatic rings. The fourth-order valence-corrected chi connectivity index (χ4v) is 4.30. The topological polar surface area (TPSA) is 46.9 Å². The zero-order valence-corrected chi connectivity index (χ0v) is 19.0. The first-order valence-corrected chi connectivity index (χ1v) is 10.9. The fourth-order valence-electron chi connectivity index (χ4n) is 3.79. The molecule has 31 heavy (non-hydrogen) atoms. The third-order valence-electron chi connectivity index (χ3n) is 5.37. The summed E-state index contributed by atoms with van der Waals surface area (Å²) in [5.41, 5.74) is 5.58. The van der Waals surface area contributed by atoms with Gasteiger partial charge in [0.1, 0.15) is 5.82 Å². The summed E-state index contributed by atoms with van der Waals surface area (Å²) in [6.45, 7) is 4.96. The first-order chi connectivity index (χ1) is 14.9. The number of nitrogens with one attached hydrogen (secondary N) is 1. The molecule has 0 saturated carbocycles. The number of hydrogen-bond donors (Lipinski definition) is 1. The van der Waals surface area contributed by atoms with Crippen LogP contribution in [0.4, 0.5) is 0 Å². The van der Waals surface area contributed by atoms with Gasteiger partial charge in [0.2, 0.25) is 0 Å². The highest BCUT2D eigenvalue weighted by molar-refractivity contribution is 6.36. The summed E-state index contributed by atoms with van der Waals surface area (Å²) < 4.78 is 2.12. The van der Waals surface area contributed by atoms with Gasteiger partial charge in [0.25, 0.3) is 5.91 Å². The van der Waals surface area contributed by atoms with E-state index in [9.17, 15) is 4.79 Å². The Balaban J connectivity index is 1.56. The van der Waals surface area contributed by atoms with E-state index < -0.39 is 0 Å². The van der Waals surface area contributed by atoms with Crippen molar-refractivity contribution in [2.24, 2.45) is 0 Å². The van der Waals surface area contributed by atoms with Gasteiger partial charge in [0, 0.05) is 34.1 Å². The van der Waals surface area contributed by atoms with Gasteiger partial charge in [-0.1, -0.05) is 59.1 Å². The monoisotopic (exact) mass is 451 g/mol. The number of aromatic nitrogens is 2. The van der Waals surface area contributed by atoms with E-state index in [0.717, 1.165) is 33.5 Å². The molecular formula is C25H23Cl2N3O. The fraction of sp³-hybridized carbons (Fsp3) is 0.200. The Bertz CT molecular complexity index is 1240. The number of carbonyl (C=O) groups is 1. The predicted octanol–water partition coefficient (Wildman–Crippen LogP) is 5.98. The quantitative estimate of drug-likeness (QED) is 0.391. The van der Waals surface area contributed by atoms with Crippen LogP contribution in [0.2, 0.25) is 10.0 Å². The lowest BCUT2D eigenvalue weighted by molar-refractivity contribution is 0.0953. The molecule has 0 unspecified atom stereocenters. The van der Waals surface area contributed by atoms with Crippen molar-refractivity contribution in [3.8, 4) is 0 Å². The smallest absolute Gasteiger partial charge is 0.251 e. The van der Waals surface area contributed by atoms with Crippen molar-refractivity contribution in [1.82, 2.24) is 14.9 Å². The highest BCUT2D eigenvalue weighted by Crippen LogP contribution is 2.27. The van der Waals surface area contributed by atoms with E-state index in [0.29, 0.717) is 35.1 Å². The highest BCUT2D eigenvalue weighted by Gasteiger charge is 2.15. The van der Waals surface area contributed by atoms with Gasteiger partial charge in [-0.3, -0.25) is 4.79 Å². The predicted molar refractivity (Wildman–Crippen MR) is 127 cm³/mol. The number of carbonyl (C=O) groups excluding carboxylic acids is 1. The number of aryl methyl sites for hydroxylation is 2. The number of halogens is 2. The highest BCUT2D eigenvalue weighted by atomic mass is 35.5. The van der Waals surface area contributed by atoms with Crippen LogP contribution < -0.4 is 5.32 Å². The number of rotatable bonds is 6. The van der Waals surface area contributed by atoms with Crippen molar-refractivity contribution >= 4 is 40.1 Å². The Hall–Kier alpha value is -2.82. The van der Waals surface area contributed by atoms with Crippen molar-refractivity contribution < 1.29 is 4.79 Å². The second-order valence-electron chi connectivity index (χ2n) is 7.63. The summed E-state index contributed by atoms with van der Waals surface area (Å²) in [4.78, 5) is 17.4. The third kappa shape index (κ3) is 4.60. The first kappa shape index (κ1) is 21.4. The summed E-state index contributed by atoms with van der Waals surface area (Å²) in [7, 11) is 0. The maximum Gasteiger partial charge on any atom is 0.251 e. The van der Waals surface area contributed by atoms with Crippen LogP contribution in [-0.4, -0.2) is 22.0 Å². The molecule has 1 heterocycles. The van der Waals surface area contributed by atoms with E-state index in [1.807, 2.05) is 74.5 Å². The van der Waals surface area contributed by atoms with Gasteiger partial charge in [0.05, 0.1) is 17.6 Å². The molecule has 0 saturated heterocycles. The summed E-state index contributed by atoms with van der Waals surface area (Å²) in [6.07, 6.45) is 0.591. The van der Waals surface area contributed by atoms with E-state index in [2.05, 4.69) is 9.88 Å². The van der Waals surface area contributed by atoms with Crippen molar-refractivity contribution in [1.29, 1.82) is 0 Å². The molecule has 0 spiro atoms. The maximum absolute atomic E-state index is 12.6. The molecule has 0 bridgehead atoms. The summed E-state index contributed by atoms with van der Waals surface area (Å²) in [6, 6.07) is 19.3. The summed E-state index contributed by atoms with van der Waals surface area (Å²) in [5.74, 6) is 0.799. The number of imidazole rings is 1. The molecule has 1 aromatic heterocycles. The van der Waals surface area contributed by atoms with Gasteiger partial charge in [-0.05, 0) is 49.7 Å². The number of fused-ring (bicyclic) bond motifs is 1. The van der Waals surface area contributed by atoms with Crippen LogP contribution in [0, 0.1) is 13.8 Å². The first-order valence-electron chi connectivity index (χ1n) is 10.2. The molecule has 0 aliphatic carbocycles. The van der Waals surface area contributed by atoms with Crippen molar-refractivity contribution in [2.45, 2.75) is 26.8 Å². The Morgan fingerprint density at radius 3 is 2.48 bits per heavy atom. The lowest BCUT2D eigenvalue weighted by atomic mass is 10.1.